The molecule has 1 atom stereocenters. The minimum Gasteiger partial charge on any atom is -0.481 e. The first-order valence-corrected chi connectivity index (χ1v) is 8.26. The summed E-state index contributed by atoms with van der Waals surface area (Å²) in [5.41, 5.74) is 5.01. The fraction of sp³-hybridized carbons (Fsp3) is 0.111. The Labute approximate surface area is 159 Å². The van der Waals surface area contributed by atoms with E-state index in [9.17, 15) is 14.0 Å². The highest BCUT2D eigenvalue weighted by atomic mass is 35.5. The molecule has 0 aromatic heterocycles. The van der Waals surface area contributed by atoms with Gasteiger partial charge in [-0.05, 0) is 48.9 Å². The average molecular weight is 397 g/mol. The first kappa shape index (κ1) is 19.8. The first-order valence-electron chi connectivity index (χ1n) is 7.51. The predicted octanol–water partition coefficient (Wildman–Crippen LogP) is 3.76. The Morgan fingerprint density at radius 3 is 2.50 bits per heavy atom. The molecule has 2 rings (SSSR count). The molecule has 5 nitrogen and oxygen atoms in total. The van der Waals surface area contributed by atoms with Crippen LogP contribution in [0.3, 0.4) is 0 Å². The van der Waals surface area contributed by atoms with Gasteiger partial charge in [0.1, 0.15) is 11.6 Å². The minimum atomic E-state index is -0.896. The highest BCUT2D eigenvalue weighted by Gasteiger charge is 2.15. The highest BCUT2D eigenvalue weighted by Crippen LogP contribution is 2.26. The summed E-state index contributed by atoms with van der Waals surface area (Å²) in [5, 5.41) is 0.692. The van der Waals surface area contributed by atoms with E-state index in [1.165, 1.54) is 43.3 Å². The van der Waals surface area contributed by atoms with Gasteiger partial charge in [-0.15, -0.1) is 0 Å². The van der Waals surface area contributed by atoms with Crippen LogP contribution in [0.15, 0.2) is 48.5 Å². The smallest absolute Gasteiger partial charge is 0.279 e. The summed E-state index contributed by atoms with van der Waals surface area (Å²) in [5.74, 6) is -1.22. The third-order valence-corrected chi connectivity index (χ3v) is 4.03. The van der Waals surface area contributed by atoms with Crippen molar-refractivity contribution in [1.29, 1.82) is 0 Å². The van der Waals surface area contributed by atoms with Crippen molar-refractivity contribution < 1.29 is 18.7 Å². The number of benzene rings is 2. The summed E-state index contributed by atoms with van der Waals surface area (Å²) < 4.78 is 18.2. The predicted molar refractivity (Wildman–Crippen MR) is 98.3 cm³/mol. The Morgan fingerprint density at radius 2 is 1.81 bits per heavy atom. The number of amides is 2. The fourth-order valence-corrected chi connectivity index (χ4v) is 2.22. The van der Waals surface area contributed by atoms with E-state index in [0.29, 0.717) is 21.4 Å². The molecule has 0 aliphatic heterocycles. The quantitative estimate of drug-likeness (QED) is 0.597. The molecule has 26 heavy (non-hydrogen) atoms. The molecule has 0 aliphatic carbocycles. The van der Waals surface area contributed by atoms with Crippen molar-refractivity contribution in [1.82, 2.24) is 10.9 Å². The monoisotopic (exact) mass is 396 g/mol. The highest BCUT2D eigenvalue weighted by molar-refractivity contribution is 6.42. The molecule has 0 saturated heterocycles. The molecule has 2 amide bonds. The van der Waals surface area contributed by atoms with Crippen LogP contribution in [0, 0.1) is 5.82 Å². The van der Waals surface area contributed by atoms with Gasteiger partial charge in [-0.2, -0.15) is 0 Å². The average Bonchev–Trinajstić information content (AvgIpc) is 2.62. The molecule has 0 saturated carbocycles. The van der Waals surface area contributed by atoms with Gasteiger partial charge in [0.2, 0.25) is 0 Å². The van der Waals surface area contributed by atoms with E-state index in [1.54, 1.807) is 18.2 Å². The third-order valence-electron chi connectivity index (χ3n) is 3.20. The second-order valence-electron chi connectivity index (χ2n) is 5.17. The summed E-state index contributed by atoms with van der Waals surface area (Å²) in [4.78, 5) is 23.7. The molecule has 0 spiro atoms. The first-order chi connectivity index (χ1) is 12.4. The van der Waals surface area contributed by atoms with E-state index < -0.39 is 23.7 Å². The van der Waals surface area contributed by atoms with Crippen molar-refractivity contribution in [2.24, 2.45) is 0 Å². The summed E-state index contributed by atoms with van der Waals surface area (Å²) in [6, 6.07) is 10.2. The number of hydrogen-bond donors (Lipinski definition) is 2. The van der Waals surface area contributed by atoms with Crippen LogP contribution in [0.4, 0.5) is 4.39 Å². The van der Waals surface area contributed by atoms with Crippen molar-refractivity contribution in [3.8, 4) is 5.75 Å². The van der Waals surface area contributed by atoms with Gasteiger partial charge in [0.15, 0.2) is 6.10 Å². The zero-order chi connectivity index (χ0) is 19.1. The van der Waals surface area contributed by atoms with Crippen LogP contribution in [0.1, 0.15) is 12.5 Å². The Morgan fingerprint density at radius 1 is 1.12 bits per heavy atom. The summed E-state index contributed by atoms with van der Waals surface area (Å²) in [7, 11) is 0. The number of halogens is 3. The van der Waals surface area contributed by atoms with Crippen LogP contribution in [0.25, 0.3) is 6.08 Å². The second-order valence-corrected chi connectivity index (χ2v) is 5.95. The lowest BCUT2D eigenvalue weighted by molar-refractivity contribution is -0.131. The molecule has 136 valence electrons. The van der Waals surface area contributed by atoms with E-state index >= 15 is 0 Å². The topological polar surface area (TPSA) is 67.4 Å². The van der Waals surface area contributed by atoms with E-state index in [4.69, 9.17) is 27.9 Å². The van der Waals surface area contributed by atoms with E-state index in [1.807, 2.05) is 0 Å². The van der Waals surface area contributed by atoms with Gasteiger partial charge in [0.25, 0.3) is 11.8 Å². The number of ether oxygens (including phenoxy) is 1. The van der Waals surface area contributed by atoms with E-state index in [2.05, 4.69) is 10.9 Å². The molecule has 2 aromatic carbocycles. The van der Waals surface area contributed by atoms with Gasteiger partial charge in [0, 0.05) is 6.08 Å². The maximum Gasteiger partial charge on any atom is 0.279 e. The van der Waals surface area contributed by atoms with Crippen LogP contribution in [0.5, 0.6) is 5.75 Å². The molecular weight excluding hydrogens is 382 g/mol. The van der Waals surface area contributed by atoms with Gasteiger partial charge in [-0.1, -0.05) is 35.3 Å². The Balaban J connectivity index is 1.84. The minimum absolute atomic E-state index is 0.323. The van der Waals surface area contributed by atoms with Gasteiger partial charge in [-0.25, -0.2) is 4.39 Å². The number of carbonyl (C=O) groups excluding carboxylic acids is 2. The van der Waals surface area contributed by atoms with Crippen LogP contribution in [0.2, 0.25) is 10.0 Å². The Bertz CT molecular complexity index is 826. The maximum atomic E-state index is 12.8. The van der Waals surface area contributed by atoms with Gasteiger partial charge >= 0.3 is 0 Å². The number of hydrogen-bond acceptors (Lipinski definition) is 3. The maximum absolute atomic E-state index is 12.8. The largest absolute Gasteiger partial charge is 0.481 e. The molecule has 0 fully saturated rings. The van der Waals surface area contributed by atoms with Crippen LogP contribution < -0.4 is 15.6 Å². The normalized spacial score (nSPS) is 11.8. The molecule has 2 N–H and O–H groups in total. The van der Waals surface area contributed by atoms with Crippen LogP contribution in [-0.2, 0) is 9.59 Å². The number of carbonyl (C=O) groups is 2. The lowest BCUT2D eigenvalue weighted by Crippen LogP contribution is -2.46. The molecule has 0 unspecified atom stereocenters. The zero-order valence-corrected chi connectivity index (χ0v) is 15.1. The number of rotatable bonds is 5. The number of nitrogens with one attached hydrogen (secondary N) is 2. The van der Waals surface area contributed by atoms with E-state index in [0.717, 1.165) is 0 Å². The fourth-order valence-electron chi connectivity index (χ4n) is 1.85. The van der Waals surface area contributed by atoms with Gasteiger partial charge in [0.05, 0.1) is 10.0 Å². The zero-order valence-electron chi connectivity index (χ0n) is 13.6. The summed E-state index contributed by atoms with van der Waals surface area (Å²) in [6.45, 7) is 1.49. The van der Waals surface area contributed by atoms with Crippen molar-refractivity contribution in [2.75, 3.05) is 0 Å². The lowest BCUT2D eigenvalue weighted by atomic mass is 10.2. The van der Waals surface area contributed by atoms with Crippen molar-refractivity contribution in [2.45, 2.75) is 13.0 Å². The molecule has 2 aromatic rings. The van der Waals surface area contributed by atoms with Crippen molar-refractivity contribution in [3.63, 3.8) is 0 Å². The van der Waals surface area contributed by atoms with Crippen molar-refractivity contribution in [3.05, 3.63) is 70.0 Å². The molecular formula is C18H15Cl2FN2O3. The lowest BCUT2D eigenvalue weighted by Gasteiger charge is -2.14. The Hall–Kier alpha value is -2.57. The summed E-state index contributed by atoms with van der Waals surface area (Å²) in [6.07, 6.45) is 1.77. The summed E-state index contributed by atoms with van der Waals surface area (Å²) >= 11 is 11.9. The SMILES string of the molecule is C[C@@H](Oc1ccc(F)cc1)C(=O)NNC(=O)/C=C/c1cccc(Cl)c1Cl. The van der Waals surface area contributed by atoms with Crippen LogP contribution >= 0.6 is 23.2 Å². The molecule has 8 heteroatoms. The molecule has 0 radical (unpaired) electrons. The second kappa shape index (κ2) is 9.22. The third kappa shape index (κ3) is 5.75. The molecule has 0 bridgehead atoms. The van der Waals surface area contributed by atoms with E-state index in [-0.39, 0.29) is 0 Å². The number of hydrazine groups is 1. The Kier molecular flexibility index (Phi) is 7.00. The molecule has 0 aliphatic rings. The molecule has 0 heterocycles. The van der Waals surface area contributed by atoms with Crippen molar-refractivity contribution >= 4 is 41.1 Å². The standard InChI is InChI=1S/C18H15Cl2FN2O3/c1-11(26-14-8-6-13(21)7-9-14)18(25)23-22-16(24)10-5-12-3-2-4-15(19)17(12)20/h2-11H,1H3,(H,22,24)(H,23,25)/b10-5+/t11-/m1/s1. The van der Waals surface area contributed by atoms with Crippen LogP contribution in [-0.4, -0.2) is 17.9 Å². The van der Waals surface area contributed by atoms with Gasteiger partial charge in [-0.3, -0.25) is 20.4 Å². The van der Waals surface area contributed by atoms with Gasteiger partial charge < -0.3 is 4.74 Å².